The molecule has 0 spiro atoms. The van der Waals surface area contributed by atoms with Crippen LogP contribution in [0.4, 0.5) is 14.5 Å². The maximum atomic E-state index is 13.0. The van der Waals surface area contributed by atoms with E-state index in [2.05, 4.69) is 10.3 Å². The lowest BCUT2D eigenvalue weighted by atomic mass is 10.2. The zero-order chi connectivity index (χ0) is 14.7. The summed E-state index contributed by atoms with van der Waals surface area (Å²) in [7, 11) is 0. The number of halogens is 3. The third-order valence-electron chi connectivity index (χ3n) is 2.58. The van der Waals surface area contributed by atoms with Crippen molar-refractivity contribution in [1.29, 1.82) is 0 Å². The topological polar surface area (TPSA) is 68.0 Å². The molecule has 0 aliphatic heterocycles. The molecule has 1 aromatic carbocycles. The van der Waals surface area contributed by atoms with Crippen LogP contribution in [0.15, 0.2) is 30.5 Å². The summed E-state index contributed by atoms with van der Waals surface area (Å²) in [6.07, 6.45) is 1.27. The molecule has 0 saturated heterocycles. The Hall–Kier alpha value is -2.21. The van der Waals surface area contributed by atoms with Crippen LogP contribution in [0.2, 0.25) is 5.15 Å². The minimum absolute atomic E-state index is 0.0371. The van der Waals surface area contributed by atoms with Crippen LogP contribution in [0, 0.1) is 11.6 Å². The number of anilines is 1. The molecule has 0 unspecified atom stereocenters. The van der Waals surface area contributed by atoms with Crippen molar-refractivity contribution >= 4 is 23.2 Å². The maximum Gasteiger partial charge on any atom is 0.253 e. The SMILES string of the molecule is Nc1cnc(Cl)cc1C(=O)NCc1ccc(F)c(F)c1. The van der Waals surface area contributed by atoms with Crippen LogP contribution in [0.1, 0.15) is 15.9 Å². The van der Waals surface area contributed by atoms with E-state index in [0.29, 0.717) is 5.56 Å². The van der Waals surface area contributed by atoms with Crippen LogP contribution < -0.4 is 11.1 Å². The number of hydrogen-bond donors (Lipinski definition) is 2. The summed E-state index contributed by atoms with van der Waals surface area (Å²) < 4.78 is 25.8. The van der Waals surface area contributed by atoms with Crippen LogP contribution in [0.25, 0.3) is 0 Å². The number of carbonyl (C=O) groups excluding carboxylic acids is 1. The Bertz CT molecular complexity index is 664. The molecular formula is C13H10ClF2N3O. The normalized spacial score (nSPS) is 10.3. The van der Waals surface area contributed by atoms with Crippen molar-refractivity contribution in [3.8, 4) is 0 Å². The first-order valence-electron chi connectivity index (χ1n) is 5.60. The van der Waals surface area contributed by atoms with Crippen molar-refractivity contribution in [2.75, 3.05) is 5.73 Å². The molecule has 0 bridgehead atoms. The molecule has 7 heteroatoms. The van der Waals surface area contributed by atoms with Gasteiger partial charge in [-0.05, 0) is 23.8 Å². The molecule has 2 rings (SSSR count). The van der Waals surface area contributed by atoms with Gasteiger partial charge in [0.05, 0.1) is 17.4 Å². The predicted octanol–water partition coefficient (Wildman–Crippen LogP) is 2.53. The quantitative estimate of drug-likeness (QED) is 0.856. The number of rotatable bonds is 3. The van der Waals surface area contributed by atoms with E-state index >= 15 is 0 Å². The van der Waals surface area contributed by atoms with Crippen LogP contribution >= 0.6 is 11.6 Å². The van der Waals surface area contributed by atoms with Gasteiger partial charge in [0.15, 0.2) is 11.6 Å². The van der Waals surface area contributed by atoms with Gasteiger partial charge >= 0.3 is 0 Å². The fraction of sp³-hybridized carbons (Fsp3) is 0.0769. The second kappa shape index (κ2) is 5.83. The zero-order valence-electron chi connectivity index (χ0n) is 10.2. The molecule has 4 nitrogen and oxygen atoms in total. The number of nitrogens with two attached hydrogens (primary N) is 1. The van der Waals surface area contributed by atoms with Gasteiger partial charge < -0.3 is 11.1 Å². The summed E-state index contributed by atoms with van der Waals surface area (Å²) in [4.78, 5) is 15.6. The molecule has 104 valence electrons. The molecular weight excluding hydrogens is 288 g/mol. The Morgan fingerprint density at radius 2 is 2.05 bits per heavy atom. The van der Waals surface area contributed by atoms with Crippen LogP contribution in [0.3, 0.4) is 0 Å². The Kier molecular flexibility index (Phi) is 4.14. The van der Waals surface area contributed by atoms with E-state index < -0.39 is 17.5 Å². The highest BCUT2D eigenvalue weighted by atomic mass is 35.5. The third kappa shape index (κ3) is 3.21. The largest absolute Gasteiger partial charge is 0.397 e. The van der Waals surface area contributed by atoms with Crippen molar-refractivity contribution in [1.82, 2.24) is 10.3 Å². The summed E-state index contributed by atoms with van der Waals surface area (Å²) >= 11 is 5.68. The van der Waals surface area contributed by atoms with E-state index in [4.69, 9.17) is 17.3 Å². The first-order valence-corrected chi connectivity index (χ1v) is 5.98. The van der Waals surface area contributed by atoms with Gasteiger partial charge in [0.2, 0.25) is 0 Å². The number of amides is 1. The van der Waals surface area contributed by atoms with Crippen molar-refractivity contribution in [2.24, 2.45) is 0 Å². The predicted molar refractivity (Wildman–Crippen MR) is 71.2 cm³/mol. The van der Waals surface area contributed by atoms with E-state index in [1.807, 2.05) is 0 Å². The molecule has 1 heterocycles. The van der Waals surface area contributed by atoms with E-state index in [1.165, 1.54) is 18.3 Å². The fourth-order valence-electron chi connectivity index (χ4n) is 1.56. The van der Waals surface area contributed by atoms with E-state index in [-0.39, 0.29) is 22.9 Å². The van der Waals surface area contributed by atoms with Crippen LogP contribution in [-0.4, -0.2) is 10.9 Å². The third-order valence-corrected chi connectivity index (χ3v) is 2.79. The molecule has 0 aliphatic rings. The molecule has 0 aliphatic carbocycles. The number of carbonyl (C=O) groups is 1. The highest BCUT2D eigenvalue weighted by Crippen LogP contribution is 2.15. The van der Waals surface area contributed by atoms with Crippen molar-refractivity contribution in [3.63, 3.8) is 0 Å². The minimum atomic E-state index is -0.969. The maximum absolute atomic E-state index is 13.0. The van der Waals surface area contributed by atoms with Crippen molar-refractivity contribution in [2.45, 2.75) is 6.54 Å². The highest BCUT2D eigenvalue weighted by Gasteiger charge is 2.11. The van der Waals surface area contributed by atoms with Gasteiger partial charge in [-0.3, -0.25) is 4.79 Å². The number of nitrogens with one attached hydrogen (secondary N) is 1. The number of hydrogen-bond acceptors (Lipinski definition) is 3. The lowest BCUT2D eigenvalue weighted by Crippen LogP contribution is -2.24. The standard InChI is InChI=1S/C13H10ClF2N3O/c14-12-4-8(11(17)6-18-12)13(20)19-5-7-1-2-9(15)10(16)3-7/h1-4,6H,5,17H2,(H,19,20). The summed E-state index contributed by atoms with van der Waals surface area (Å²) in [6, 6.07) is 4.71. The molecule has 0 atom stereocenters. The summed E-state index contributed by atoms with van der Waals surface area (Å²) in [6.45, 7) is 0.0371. The molecule has 0 saturated carbocycles. The number of nitrogens with zero attached hydrogens (tertiary/aromatic N) is 1. The van der Waals surface area contributed by atoms with Gasteiger partial charge in [-0.25, -0.2) is 13.8 Å². The summed E-state index contributed by atoms with van der Waals surface area (Å²) in [5.41, 5.74) is 6.39. The lowest BCUT2D eigenvalue weighted by Gasteiger charge is -2.08. The monoisotopic (exact) mass is 297 g/mol. The Labute approximate surface area is 118 Å². The number of benzene rings is 1. The average molecular weight is 298 g/mol. The van der Waals surface area contributed by atoms with E-state index in [0.717, 1.165) is 12.1 Å². The molecule has 1 aromatic heterocycles. The molecule has 20 heavy (non-hydrogen) atoms. The smallest absolute Gasteiger partial charge is 0.253 e. The van der Waals surface area contributed by atoms with Gasteiger partial charge in [-0.1, -0.05) is 17.7 Å². The second-order valence-corrected chi connectivity index (χ2v) is 4.41. The number of nitrogen functional groups attached to an aromatic ring is 1. The summed E-state index contributed by atoms with van der Waals surface area (Å²) in [5.74, 6) is -2.38. The average Bonchev–Trinajstić information content (AvgIpc) is 2.42. The minimum Gasteiger partial charge on any atom is -0.397 e. The molecule has 2 aromatic rings. The summed E-state index contributed by atoms with van der Waals surface area (Å²) in [5, 5.41) is 2.67. The molecule has 0 fully saturated rings. The van der Waals surface area contributed by atoms with Gasteiger partial charge in [0.1, 0.15) is 5.15 Å². The van der Waals surface area contributed by atoms with Crippen LogP contribution in [-0.2, 0) is 6.54 Å². The van der Waals surface area contributed by atoms with Gasteiger partial charge in [-0.15, -0.1) is 0 Å². The first kappa shape index (κ1) is 14.2. The lowest BCUT2D eigenvalue weighted by molar-refractivity contribution is 0.0951. The zero-order valence-corrected chi connectivity index (χ0v) is 10.9. The Balaban J connectivity index is 2.08. The van der Waals surface area contributed by atoms with Crippen molar-refractivity contribution < 1.29 is 13.6 Å². The van der Waals surface area contributed by atoms with Crippen LogP contribution in [0.5, 0.6) is 0 Å². The Morgan fingerprint density at radius 1 is 1.30 bits per heavy atom. The number of pyridine rings is 1. The van der Waals surface area contributed by atoms with E-state index in [1.54, 1.807) is 0 Å². The van der Waals surface area contributed by atoms with Crippen molar-refractivity contribution in [3.05, 3.63) is 58.4 Å². The highest BCUT2D eigenvalue weighted by molar-refractivity contribution is 6.29. The molecule has 1 amide bonds. The van der Waals surface area contributed by atoms with Gasteiger partial charge in [0.25, 0.3) is 5.91 Å². The first-order chi connectivity index (χ1) is 9.47. The molecule has 0 radical (unpaired) electrons. The second-order valence-electron chi connectivity index (χ2n) is 4.03. The molecule has 3 N–H and O–H groups in total. The fourth-order valence-corrected chi connectivity index (χ4v) is 1.72. The van der Waals surface area contributed by atoms with Gasteiger partial charge in [-0.2, -0.15) is 0 Å². The van der Waals surface area contributed by atoms with E-state index in [9.17, 15) is 13.6 Å². The Morgan fingerprint density at radius 3 is 2.75 bits per heavy atom. The number of aromatic nitrogens is 1. The van der Waals surface area contributed by atoms with Gasteiger partial charge in [0, 0.05) is 6.54 Å².